The molecule has 0 unspecified atom stereocenters. The highest BCUT2D eigenvalue weighted by Gasteiger charge is 2.13. The Hall–Kier alpha value is -3.28. The second-order valence-corrected chi connectivity index (χ2v) is 5.11. The zero-order valence-corrected chi connectivity index (χ0v) is 11.9. The van der Waals surface area contributed by atoms with Crippen LogP contribution in [0, 0.1) is 5.82 Å². The fourth-order valence-corrected chi connectivity index (χ4v) is 2.57. The summed E-state index contributed by atoms with van der Waals surface area (Å²) in [6.45, 7) is 0. The van der Waals surface area contributed by atoms with Crippen LogP contribution in [0.5, 0.6) is 0 Å². The van der Waals surface area contributed by atoms with E-state index in [0.717, 1.165) is 11.1 Å². The fourth-order valence-electron chi connectivity index (χ4n) is 2.57. The average molecular weight is 306 g/mol. The molecule has 0 atom stereocenters. The van der Waals surface area contributed by atoms with Gasteiger partial charge in [0.1, 0.15) is 5.82 Å². The van der Waals surface area contributed by atoms with Crippen molar-refractivity contribution in [1.82, 2.24) is 19.9 Å². The molecule has 1 aromatic carbocycles. The Bertz CT molecular complexity index is 1050. The van der Waals surface area contributed by atoms with Crippen LogP contribution in [0.25, 0.3) is 33.5 Å². The monoisotopic (exact) mass is 306 g/mol. The van der Waals surface area contributed by atoms with E-state index in [4.69, 9.17) is 0 Å². The summed E-state index contributed by atoms with van der Waals surface area (Å²) in [5.74, 6) is -0.340. The van der Waals surface area contributed by atoms with Crippen LogP contribution in [-0.4, -0.2) is 19.9 Å². The molecule has 0 aliphatic carbocycles. The summed E-state index contributed by atoms with van der Waals surface area (Å²) in [4.78, 5) is 25.4. The van der Waals surface area contributed by atoms with E-state index in [0.29, 0.717) is 22.4 Å². The number of imidazole rings is 1. The molecule has 23 heavy (non-hydrogen) atoms. The quantitative estimate of drug-likeness (QED) is 0.597. The molecule has 3 heterocycles. The third-order valence-electron chi connectivity index (χ3n) is 3.59. The number of H-pyrrole nitrogens is 2. The molecule has 0 fully saturated rings. The number of aromatic nitrogens is 4. The largest absolute Gasteiger partial charge is 0.325 e. The van der Waals surface area contributed by atoms with Crippen LogP contribution >= 0.6 is 0 Å². The van der Waals surface area contributed by atoms with Gasteiger partial charge in [-0.05, 0) is 35.9 Å². The second kappa shape index (κ2) is 5.17. The predicted molar refractivity (Wildman–Crippen MR) is 85.3 cm³/mol. The number of fused-ring (bicyclic) bond motifs is 1. The topological polar surface area (TPSA) is 74.4 Å². The van der Waals surface area contributed by atoms with Gasteiger partial charge < -0.3 is 4.98 Å². The summed E-state index contributed by atoms with van der Waals surface area (Å²) in [7, 11) is 0. The number of hydrogen-bond donors (Lipinski definition) is 2. The van der Waals surface area contributed by atoms with Crippen molar-refractivity contribution in [2.75, 3.05) is 0 Å². The van der Waals surface area contributed by atoms with Gasteiger partial charge in [-0.3, -0.25) is 9.97 Å². The highest BCUT2D eigenvalue weighted by Crippen LogP contribution is 2.32. The van der Waals surface area contributed by atoms with Crippen LogP contribution in [-0.2, 0) is 0 Å². The molecule has 0 saturated carbocycles. The number of rotatable bonds is 2. The first-order chi connectivity index (χ1) is 11.2. The highest BCUT2D eigenvalue weighted by atomic mass is 19.1. The van der Waals surface area contributed by atoms with E-state index in [2.05, 4.69) is 19.9 Å². The molecule has 0 aliphatic rings. The van der Waals surface area contributed by atoms with Crippen LogP contribution < -0.4 is 5.69 Å². The summed E-state index contributed by atoms with van der Waals surface area (Å²) < 4.78 is 13.6. The predicted octanol–water partition coefficient (Wildman–Crippen LogP) is 3.12. The third kappa shape index (κ3) is 2.40. The molecule has 6 heteroatoms. The zero-order chi connectivity index (χ0) is 15.8. The molecule has 5 nitrogen and oxygen atoms in total. The zero-order valence-electron chi connectivity index (χ0n) is 11.9. The molecule has 2 N–H and O–H groups in total. The number of halogens is 1. The van der Waals surface area contributed by atoms with Crippen molar-refractivity contribution >= 4 is 11.2 Å². The van der Waals surface area contributed by atoms with Crippen LogP contribution in [0.2, 0.25) is 0 Å². The maximum absolute atomic E-state index is 13.6. The Labute approximate surface area is 129 Å². The van der Waals surface area contributed by atoms with E-state index in [1.165, 1.54) is 12.1 Å². The number of pyridine rings is 2. The van der Waals surface area contributed by atoms with Crippen LogP contribution in [0.1, 0.15) is 0 Å². The van der Waals surface area contributed by atoms with E-state index in [9.17, 15) is 9.18 Å². The lowest BCUT2D eigenvalue weighted by Crippen LogP contribution is -1.99. The molecule has 112 valence electrons. The molecule has 0 bridgehead atoms. The van der Waals surface area contributed by atoms with Crippen molar-refractivity contribution in [3.05, 3.63) is 71.2 Å². The van der Waals surface area contributed by atoms with Crippen molar-refractivity contribution in [3.8, 4) is 22.4 Å². The first kappa shape index (κ1) is 13.4. The number of nitrogens with one attached hydrogen (secondary N) is 2. The SMILES string of the molecule is O=c1[nH]c2cc(-c3ccncc3)c(-c3cccc(F)c3)nc2[nH]1. The van der Waals surface area contributed by atoms with Gasteiger partial charge in [-0.15, -0.1) is 0 Å². The van der Waals surface area contributed by atoms with Gasteiger partial charge in [0.25, 0.3) is 0 Å². The summed E-state index contributed by atoms with van der Waals surface area (Å²) in [5, 5.41) is 0. The normalized spacial score (nSPS) is 11.0. The molecule has 0 spiro atoms. The molecular formula is C17H11FN4O. The summed E-state index contributed by atoms with van der Waals surface area (Å²) in [6.07, 6.45) is 3.35. The van der Waals surface area contributed by atoms with Crippen molar-refractivity contribution in [2.45, 2.75) is 0 Å². The summed E-state index contributed by atoms with van der Waals surface area (Å²) >= 11 is 0. The Balaban J connectivity index is 2.05. The van der Waals surface area contributed by atoms with Crippen molar-refractivity contribution < 1.29 is 4.39 Å². The first-order valence-corrected chi connectivity index (χ1v) is 7.00. The van der Waals surface area contributed by atoms with E-state index in [-0.39, 0.29) is 11.5 Å². The van der Waals surface area contributed by atoms with E-state index in [1.54, 1.807) is 24.5 Å². The van der Waals surface area contributed by atoms with E-state index < -0.39 is 0 Å². The van der Waals surface area contributed by atoms with Crippen LogP contribution in [0.3, 0.4) is 0 Å². The molecule has 0 amide bonds. The van der Waals surface area contributed by atoms with Gasteiger partial charge in [-0.25, -0.2) is 14.2 Å². The molecule has 3 aromatic heterocycles. The first-order valence-electron chi connectivity index (χ1n) is 7.00. The molecule has 4 aromatic rings. The maximum Gasteiger partial charge on any atom is 0.325 e. The fraction of sp³-hybridized carbons (Fsp3) is 0. The van der Waals surface area contributed by atoms with E-state index in [1.807, 2.05) is 18.2 Å². The second-order valence-electron chi connectivity index (χ2n) is 5.11. The average Bonchev–Trinajstić information content (AvgIpc) is 2.93. The molecule has 4 rings (SSSR count). The van der Waals surface area contributed by atoms with Gasteiger partial charge >= 0.3 is 5.69 Å². The Morgan fingerprint density at radius 3 is 2.57 bits per heavy atom. The van der Waals surface area contributed by atoms with E-state index >= 15 is 0 Å². The Kier molecular flexibility index (Phi) is 3.01. The lowest BCUT2D eigenvalue weighted by molar-refractivity contribution is 0.628. The number of hydrogen-bond acceptors (Lipinski definition) is 3. The minimum Gasteiger partial charge on any atom is -0.304 e. The maximum atomic E-state index is 13.6. The Morgan fingerprint density at radius 2 is 1.78 bits per heavy atom. The van der Waals surface area contributed by atoms with Gasteiger partial charge in [0.15, 0.2) is 5.65 Å². The summed E-state index contributed by atoms with van der Waals surface area (Å²) in [5.41, 5.74) is 3.62. The van der Waals surface area contributed by atoms with Gasteiger partial charge in [0, 0.05) is 23.5 Å². The lowest BCUT2D eigenvalue weighted by Gasteiger charge is -2.09. The van der Waals surface area contributed by atoms with Gasteiger partial charge in [-0.2, -0.15) is 0 Å². The van der Waals surface area contributed by atoms with Crippen molar-refractivity contribution in [2.24, 2.45) is 0 Å². The molecule has 0 aliphatic heterocycles. The number of aromatic amines is 2. The van der Waals surface area contributed by atoms with Gasteiger partial charge in [-0.1, -0.05) is 12.1 Å². The smallest absolute Gasteiger partial charge is 0.304 e. The molecular weight excluding hydrogens is 295 g/mol. The van der Waals surface area contributed by atoms with Crippen LogP contribution in [0.4, 0.5) is 4.39 Å². The summed E-state index contributed by atoms with van der Waals surface area (Å²) in [6, 6.07) is 11.7. The number of nitrogens with zero attached hydrogens (tertiary/aromatic N) is 2. The highest BCUT2D eigenvalue weighted by molar-refractivity contribution is 5.88. The van der Waals surface area contributed by atoms with Gasteiger partial charge in [0.2, 0.25) is 0 Å². The van der Waals surface area contributed by atoms with Gasteiger partial charge in [0.05, 0.1) is 11.2 Å². The van der Waals surface area contributed by atoms with Crippen LogP contribution in [0.15, 0.2) is 59.7 Å². The van der Waals surface area contributed by atoms with Crippen molar-refractivity contribution in [1.29, 1.82) is 0 Å². The minimum absolute atomic E-state index is 0.329. The molecule has 0 radical (unpaired) electrons. The number of benzene rings is 1. The lowest BCUT2D eigenvalue weighted by atomic mass is 10.00. The third-order valence-corrected chi connectivity index (χ3v) is 3.59. The molecule has 0 saturated heterocycles. The van der Waals surface area contributed by atoms with Crippen molar-refractivity contribution in [3.63, 3.8) is 0 Å². The standard InChI is InChI=1S/C17H11FN4O/c18-12-3-1-2-11(8-12)15-13(10-4-6-19-7-5-10)9-14-16(21-15)22-17(23)20-14/h1-9H,(H2,20,21,22,23). The Morgan fingerprint density at radius 1 is 0.957 bits per heavy atom. The minimum atomic E-state index is -0.340.